The lowest BCUT2D eigenvalue weighted by Crippen LogP contribution is -2.17. The van der Waals surface area contributed by atoms with Crippen LogP contribution in [0.15, 0.2) is 23.2 Å². The smallest absolute Gasteiger partial charge is 0.270 e. The molecule has 1 aromatic carbocycles. The topological polar surface area (TPSA) is 38.4 Å². The molecule has 0 unspecified atom stereocenters. The van der Waals surface area contributed by atoms with E-state index in [1.54, 1.807) is 6.07 Å². The quantitative estimate of drug-likeness (QED) is 0.624. The van der Waals surface area contributed by atoms with Crippen LogP contribution in [0.1, 0.15) is 30.5 Å². The van der Waals surface area contributed by atoms with E-state index in [-0.39, 0.29) is 5.56 Å². The number of hydrogen-bond acceptors (Lipinski definition) is 1. The second kappa shape index (κ2) is 4.60. The van der Waals surface area contributed by atoms with Crippen molar-refractivity contribution in [2.45, 2.75) is 26.7 Å². The number of aliphatic imine (C=N–C) groups is 1. The molecule has 16 heavy (non-hydrogen) atoms. The van der Waals surface area contributed by atoms with Gasteiger partial charge in [-0.05, 0) is 25.5 Å². The number of nitrogens with two attached hydrogens (primary N) is 1. The number of amidine groups is 1. The van der Waals surface area contributed by atoms with Gasteiger partial charge < -0.3 is 5.73 Å². The number of halogens is 2. The third-order valence-corrected chi connectivity index (χ3v) is 2.35. The van der Waals surface area contributed by atoms with E-state index in [1.165, 1.54) is 12.1 Å². The fourth-order valence-corrected chi connectivity index (χ4v) is 1.43. The van der Waals surface area contributed by atoms with Crippen molar-refractivity contribution in [2.24, 2.45) is 10.7 Å². The highest BCUT2D eigenvalue weighted by molar-refractivity contribution is 5.98. The standard InChI is InChI=1S/C12H16F2N2/c1-4-16-11(15)10-7-9(12(3,13)14)6-5-8(10)2/h5-7H,4H2,1-3H3,(H2,15,16). The van der Waals surface area contributed by atoms with Gasteiger partial charge in [0.2, 0.25) is 0 Å². The Morgan fingerprint density at radius 3 is 2.56 bits per heavy atom. The van der Waals surface area contributed by atoms with Crippen LogP contribution in [0.4, 0.5) is 8.78 Å². The molecule has 88 valence electrons. The summed E-state index contributed by atoms with van der Waals surface area (Å²) in [5.74, 6) is -2.54. The Balaban J connectivity index is 3.24. The maximum Gasteiger partial charge on any atom is 0.270 e. The van der Waals surface area contributed by atoms with Gasteiger partial charge >= 0.3 is 0 Å². The fraction of sp³-hybridized carbons (Fsp3) is 0.417. The van der Waals surface area contributed by atoms with Crippen LogP contribution in [-0.4, -0.2) is 12.4 Å². The summed E-state index contributed by atoms with van der Waals surface area (Å²) in [6.07, 6.45) is 0. The molecule has 0 spiro atoms. The van der Waals surface area contributed by atoms with Crippen molar-refractivity contribution in [1.82, 2.24) is 0 Å². The van der Waals surface area contributed by atoms with Crippen LogP contribution in [0.3, 0.4) is 0 Å². The number of aryl methyl sites for hydroxylation is 1. The lowest BCUT2D eigenvalue weighted by molar-refractivity contribution is 0.0174. The molecule has 0 radical (unpaired) electrons. The Morgan fingerprint density at radius 2 is 2.06 bits per heavy atom. The third kappa shape index (κ3) is 2.78. The van der Waals surface area contributed by atoms with Crippen LogP contribution >= 0.6 is 0 Å². The summed E-state index contributed by atoms with van der Waals surface area (Å²) >= 11 is 0. The summed E-state index contributed by atoms with van der Waals surface area (Å²) in [6.45, 7) is 5.08. The van der Waals surface area contributed by atoms with Gasteiger partial charge in [-0.3, -0.25) is 4.99 Å². The molecule has 0 heterocycles. The molecule has 4 heteroatoms. The molecule has 0 amide bonds. The number of benzene rings is 1. The largest absolute Gasteiger partial charge is 0.383 e. The summed E-state index contributed by atoms with van der Waals surface area (Å²) in [5.41, 5.74) is 7.12. The van der Waals surface area contributed by atoms with Crippen molar-refractivity contribution in [2.75, 3.05) is 6.54 Å². The van der Waals surface area contributed by atoms with Gasteiger partial charge in [0.1, 0.15) is 5.84 Å². The monoisotopic (exact) mass is 226 g/mol. The predicted molar refractivity (Wildman–Crippen MR) is 62.0 cm³/mol. The molecule has 2 nitrogen and oxygen atoms in total. The fourth-order valence-electron chi connectivity index (χ4n) is 1.43. The van der Waals surface area contributed by atoms with E-state index in [0.717, 1.165) is 12.5 Å². The van der Waals surface area contributed by atoms with Gasteiger partial charge in [-0.15, -0.1) is 0 Å². The van der Waals surface area contributed by atoms with Crippen molar-refractivity contribution in [3.63, 3.8) is 0 Å². The van der Waals surface area contributed by atoms with Crippen LogP contribution in [-0.2, 0) is 5.92 Å². The number of alkyl halides is 2. The van der Waals surface area contributed by atoms with Crippen molar-refractivity contribution in [3.8, 4) is 0 Å². The van der Waals surface area contributed by atoms with E-state index in [2.05, 4.69) is 4.99 Å². The SMILES string of the molecule is CCN=C(N)c1cc(C(C)(F)F)ccc1C. The Kier molecular flexibility index (Phi) is 3.62. The van der Waals surface area contributed by atoms with Gasteiger partial charge in [0.15, 0.2) is 0 Å². The molecule has 0 atom stereocenters. The van der Waals surface area contributed by atoms with Crippen molar-refractivity contribution in [1.29, 1.82) is 0 Å². The lowest BCUT2D eigenvalue weighted by Gasteiger charge is -2.13. The molecule has 1 aromatic rings. The van der Waals surface area contributed by atoms with E-state index in [4.69, 9.17) is 5.73 Å². The van der Waals surface area contributed by atoms with E-state index in [9.17, 15) is 8.78 Å². The molecule has 0 aliphatic carbocycles. The Morgan fingerprint density at radius 1 is 1.44 bits per heavy atom. The molecule has 0 bridgehead atoms. The average molecular weight is 226 g/mol. The predicted octanol–water partition coefficient (Wildman–Crippen LogP) is 2.83. The van der Waals surface area contributed by atoms with Gasteiger partial charge in [-0.1, -0.05) is 12.1 Å². The van der Waals surface area contributed by atoms with Crippen molar-refractivity contribution in [3.05, 3.63) is 34.9 Å². The first-order valence-corrected chi connectivity index (χ1v) is 5.15. The normalized spacial score (nSPS) is 12.9. The minimum Gasteiger partial charge on any atom is -0.383 e. The minimum absolute atomic E-state index is 0.0395. The summed E-state index contributed by atoms with van der Waals surface area (Å²) in [4.78, 5) is 4.03. The number of hydrogen-bond donors (Lipinski definition) is 1. The Hall–Kier alpha value is -1.45. The van der Waals surface area contributed by atoms with Gasteiger partial charge in [0, 0.05) is 24.6 Å². The molecule has 2 N–H and O–H groups in total. The highest BCUT2D eigenvalue weighted by Crippen LogP contribution is 2.28. The Labute approximate surface area is 94.2 Å². The zero-order valence-electron chi connectivity index (χ0n) is 9.72. The maximum absolute atomic E-state index is 13.1. The first-order chi connectivity index (χ1) is 7.36. The van der Waals surface area contributed by atoms with Gasteiger partial charge in [-0.2, -0.15) is 0 Å². The summed E-state index contributed by atoms with van der Waals surface area (Å²) in [5, 5.41) is 0. The van der Waals surface area contributed by atoms with E-state index in [0.29, 0.717) is 17.9 Å². The summed E-state index contributed by atoms with van der Waals surface area (Å²) in [7, 11) is 0. The highest BCUT2D eigenvalue weighted by Gasteiger charge is 2.25. The van der Waals surface area contributed by atoms with Crippen LogP contribution < -0.4 is 5.73 Å². The maximum atomic E-state index is 13.1. The molecule has 1 rings (SSSR count). The molecule has 0 aliphatic heterocycles. The van der Waals surface area contributed by atoms with Gasteiger partial charge in [0.05, 0.1) is 0 Å². The van der Waals surface area contributed by atoms with Crippen LogP contribution in [0.2, 0.25) is 0 Å². The second-order valence-corrected chi connectivity index (χ2v) is 3.78. The van der Waals surface area contributed by atoms with Crippen LogP contribution in [0, 0.1) is 6.92 Å². The zero-order chi connectivity index (χ0) is 12.3. The number of rotatable bonds is 3. The zero-order valence-corrected chi connectivity index (χ0v) is 9.72. The van der Waals surface area contributed by atoms with Gasteiger partial charge in [0.25, 0.3) is 5.92 Å². The summed E-state index contributed by atoms with van der Waals surface area (Å²) < 4.78 is 26.3. The Bertz CT molecular complexity index is 406. The molecule has 0 saturated carbocycles. The van der Waals surface area contributed by atoms with E-state index in [1.807, 2.05) is 13.8 Å². The molecule has 0 aromatic heterocycles. The molecular weight excluding hydrogens is 210 g/mol. The second-order valence-electron chi connectivity index (χ2n) is 3.78. The average Bonchev–Trinajstić information content (AvgIpc) is 2.16. The molecular formula is C12H16F2N2. The molecule has 0 fully saturated rings. The third-order valence-electron chi connectivity index (χ3n) is 2.35. The molecule has 0 saturated heterocycles. The van der Waals surface area contributed by atoms with E-state index < -0.39 is 5.92 Å². The van der Waals surface area contributed by atoms with Crippen molar-refractivity contribution < 1.29 is 8.78 Å². The number of nitrogens with zero attached hydrogens (tertiary/aromatic N) is 1. The van der Waals surface area contributed by atoms with Crippen LogP contribution in [0.25, 0.3) is 0 Å². The van der Waals surface area contributed by atoms with Crippen LogP contribution in [0.5, 0.6) is 0 Å². The van der Waals surface area contributed by atoms with Crippen molar-refractivity contribution >= 4 is 5.84 Å². The molecule has 0 aliphatic rings. The summed E-state index contributed by atoms with van der Waals surface area (Å²) in [6, 6.07) is 4.46. The first-order valence-electron chi connectivity index (χ1n) is 5.15. The first kappa shape index (κ1) is 12.6. The lowest BCUT2D eigenvalue weighted by atomic mass is 10.0. The van der Waals surface area contributed by atoms with Gasteiger partial charge in [-0.25, -0.2) is 8.78 Å². The minimum atomic E-state index is -2.85. The van der Waals surface area contributed by atoms with E-state index >= 15 is 0 Å². The highest BCUT2D eigenvalue weighted by atomic mass is 19.3.